The molecule has 0 aliphatic heterocycles. The maximum absolute atomic E-state index is 11.1. The molecule has 1 aromatic heterocycles. The Bertz CT molecular complexity index is 345. The highest BCUT2D eigenvalue weighted by Gasteiger charge is 2.08. The van der Waals surface area contributed by atoms with Crippen molar-refractivity contribution in [2.45, 2.75) is 26.7 Å². The number of nitrogens with one attached hydrogen (secondary N) is 1. The summed E-state index contributed by atoms with van der Waals surface area (Å²) < 4.78 is 4.66. The molecular weight excluding hydrogens is 186 g/mol. The Balaban J connectivity index is 2.37. The third-order valence-corrected chi connectivity index (χ3v) is 1.48. The predicted molar refractivity (Wildman–Crippen MR) is 47.6 cm³/mol. The van der Waals surface area contributed by atoms with Crippen LogP contribution in [0.25, 0.3) is 0 Å². The average molecular weight is 197 g/mol. The molecule has 0 fully saturated rings. The maximum Gasteiger partial charge on any atom is 0.328 e. The van der Waals surface area contributed by atoms with Crippen molar-refractivity contribution >= 4 is 17.7 Å². The van der Waals surface area contributed by atoms with Gasteiger partial charge in [0, 0.05) is 12.8 Å². The van der Waals surface area contributed by atoms with Crippen LogP contribution in [0.1, 0.15) is 25.6 Å². The normalized spacial score (nSPS) is 9.86. The standard InChI is InChI=1S/C8H11N3O3/c1-5(12)3-4-7(13)10-8-9-6(2)11-14-8/h3-4H2,1-2H3,(H,9,10,11,13). The van der Waals surface area contributed by atoms with Gasteiger partial charge in [0.15, 0.2) is 5.82 Å². The fourth-order valence-corrected chi connectivity index (χ4v) is 0.819. The van der Waals surface area contributed by atoms with Crippen molar-refractivity contribution in [1.82, 2.24) is 10.1 Å². The lowest BCUT2D eigenvalue weighted by atomic mass is 10.2. The molecule has 0 unspecified atom stereocenters. The smallest absolute Gasteiger partial charge is 0.315 e. The van der Waals surface area contributed by atoms with Crippen LogP contribution in [-0.4, -0.2) is 21.8 Å². The molecule has 0 aliphatic rings. The quantitative estimate of drug-likeness (QED) is 0.767. The molecule has 1 N–H and O–H groups in total. The SMILES string of the molecule is CC(=O)CCC(=O)Nc1nc(C)no1. The van der Waals surface area contributed by atoms with Crippen LogP contribution in [0.4, 0.5) is 6.01 Å². The number of aromatic nitrogens is 2. The van der Waals surface area contributed by atoms with Crippen LogP contribution < -0.4 is 5.32 Å². The minimum absolute atomic E-state index is 0.0261. The van der Waals surface area contributed by atoms with Gasteiger partial charge in [0.1, 0.15) is 5.78 Å². The van der Waals surface area contributed by atoms with E-state index in [-0.39, 0.29) is 30.5 Å². The van der Waals surface area contributed by atoms with Gasteiger partial charge in [0.05, 0.1) is 0 Å². The number of nitrogens with zero attached hydrogens (tertiary/aromatic N) is 2. The van der Waals surface area contributed by atoms with Gasteiger partial charge in [-0.25, -0.2) is 0 Å². The van der Waals surface area contributed by atoms with Crippen molar-refractivity contribution in [2.24, 2.45) is 0 Å². The molecule has 1 heterocycles. The molecule has 76 valence electrons. The lowest BCUT2D eigenvalue weighted by Gasteiger charge is -1.96. The Morgan fingerprint density at radius 2 is 2.14 bits per heavy atom. The Kier molecular flexibility index (Phi) is 3.33. The van der Waals surface area contributed by atoms with E-state index >= 15 is 0 Å². The number of ketones is 1. The van der Waals surface area contributed by atoms with Crippen LogP contribution in [0.5, 0.6) is 0 Å². The fourth-order valence-electron chi connectivity index (χ4n) is 0.819. The Hall–Kier alpha value is -1.72. The second-order valence-corrected chi connectivity index (χ2v) is 2.90. The number of aryl methyl sites for hydroxylation is 1. The molecule has 0 saturated carbocycles. The first-order valence-electron chi connectivity index (χ1n) is 4.17. The van der Waals surface area contributed by atoms with Gasteiger partial charge in [-0.1, -0.05) is 5.16 Å². The van der Waals surface area contributed by atoms with E-state index in [2.05, 4.69) is 20.0 Å². The molecule has 14 heavy (non-hydrogen) atoms. The van der Waals surface area contributed by atoms with Gasteiger partial charge in [0.25, 0.3) is 0 Å². The average Bonchev–Trinajstić information content (AvgIpc) is 2.48. The van der Waals surface area contributed by atoms with Crippen LogP contribution in [-0.2, 0) is 9.59 Å². The van der Waals surface area contributed by atoms with Crippen LogP contribution in [0.3, 0.4) is 0 Å². The summed E-state index contributed by atoms with van der Waals surface area (Å²) in [5, 5.41) is 5.88. The number of hydrogen-bond acceptors (Lipinski definition) is 5. The second-order valence-electron chi connectivity index (χ2n) is 2.90. The molecule has 0 spiro atoms. The summed E-state index contributed by atoms with van der Waals surface area (Å²) in [5.74, 6) is 0.123. The van der Waals surface area contributed by atoms with Gasteiger partial charge in [-0.3, -0.25) is 10.1 Å². The second kappa shape index (κ2) is 4.50. The topological polar surface area (TPSA) is 85.1 Å². The number of carbonyl (C=O) groups excluding carboxylic acids is 2. The number of rotatable bonds is 4. The fraction of sp³-hybridized carbons (Fsp3) is 0.500. The molecule has 1 rings (SSSR count). The third kappa shape index (κ3) is 3.34. The molecule has 6 nitrogen and oxygen atoms in total. The van der Waals surface area contributed by atoms with Crippen molar-refractivity contribution in [1.29, 1.82) is 0 Å². The highest BCUT2D eigenvalue weighted by molar-refractivity contribution is 5.91. The van der Waals surface area contributed by atoms with Gasteiger partial charge in [-0.05, 0) is 13.8 Å². The first-order valence-corrected chi connectivity index (χ1v) is 4.17. The molecule has 0 saturated heterocycles. The summed E-state index contributed by atoms with van der Waals surface area (Å²) in [5.41, 5.74) is 0. The van der Waals surface area contributed by atoms with Crippen LogP contribution in [0.2, 0.25) is 0 Å². The Labute approximate surface area is 80.7 Å². The summed E-state index contributed by atoms with van der Waals surface area (Å²) in [6.07, 6.45) is 0.357. The van der Waals surface area contributed by atoms with Crippen LogP contribution in [0.15, 0.2) is 4.52 Å². The predicted octanol–water partition coefficient (Wildman–Crippen LogP) is 0.686. The lowest BCUT2D eigenvalue weighted by molar-refractivity contribution is -0.121. The zero-order valence-corrected chi connectivity index (χ0v) is 8.03. The molecular formula is C8H11N3O3. The van der Waals surface area contributed by atoms with Crippen molar-refractivity contribution in [3.8, 4) is 0 Å². The first-order chi connectivity index (χ1) is 6.58. The molecule has 0 aromatic carbocycles. The maximum atomic E-state index is 11.1. The highest BCUT2D eigenvalue weighted by Crippen LogP contribution is 2.03. The first kappa shape index (κ1) is 10.4. The molecule has 0 aliphatic carbocycles. The summed E-state index contributed by atoms with van der Waals surface area (Å²) in [7, 11) is 0. The lowest BCUT2D eigenvalue weighted by Crippen LogP contribution is -2.12. The van der Waals surface area contributed by atoms with Crippen molar-refractivity contribution in [2.75, 3.05) is 5.32 Å². The zero-order chi connectivity index (χ0) is 10.6. The van der Waals surface area contributed by atoms with E-state index in [0.717, 1.165) is 0 Å². The van der Waals surface area contributed by atoms with E-state index in [4.69, 9.17) is 0 Å². The molecule has 0 atom stereocenters. The Morgan fingerprint density at radius 1 is 1.43 bits per heavy atom. The zero-order valence-electron chi connectivity index (χ0n) is 8.03. The largest absolute Gasteiger partial charge is 0.328 e. The van der Waals surface area contributed by atoms with E-state index in [1.807, 2.05) is 0 Å². The van der Waals surface area contributed by atoms with E-state index in [0.29, 0.717) is 5.82 Å². The van der Waals surface area contributed by atoms with Crippen LogP contribution in [0, 0.1) is 6.92 Å². The minimum Gasteiger partial charge on any atom is -0.315 e. The van der Waals surface area contributed by atoms with E-state index in [1.54, 1.807) is 6.92 Å². The van der Waals surface area contributed by atoms with Gasteiger partial charge in [-0.15, -0.1) is 0 Å². The van der Waals surface area contributed by atoms with Gasteiger partial charge in [-0.2, -0.15) is 4.98 Å². The number of carbonyl (C=O) groups is 2. The van der Waals surface area contributed by atoms with Crippen molar-refractivity contribution in [3.63, 3.8) is 0 Å². The molecule has 6 heteroatoms. The summed E-state index contributed by atoms with van der Waals surface area (Å²) in [6.45, 7) is 3.08. The molecule has 1 aromatic rings. The van der Waals surface area contributed by atoms with E-state index < -0.39 is 0 Å². The van der Waals surface area contributed by atoms with Crippen molar-refractivity contribution < 1.29 is 14.1 Å². The number of Topliss-reactive ketones (excluding diaryl/α,β-unsaturated/α-hetero) is 1. The highest BCUT2D eigenvalue weighted by atomic mass is 16.5. The molecule has 0 bridgehead atoms. The van der Waals surface area contributed by atoms with Gasteiger partial charge >= 0.3 is 6.01 Å². The molecule has 1 amide bonds. The number of amides is 1. The minimum atomic E-state index is -0.302. The summed E-state index contributed by atoms with van der Waals surface area (Å²) in [6, 6.07) is 0.0658. The molecule has 0 radical (unpaired) electrons. The Morgan fingerprint density at radius 3 is 2.64 bits per heavy atom. The summed E-state index contributed by atoms with van der Waals surface area (Å²) >= 11 is 0. The van der Waals surface area contributed by atoms with Crippen LogP contribution >= 0.6 is 0 Å². The number of hydrogen-bond donors (Lipinski definition) is 1. The van der Waals surface area contributed by atoms with E-state index in [9.17, 15) is 9.59 Å². The number of anilines is 1. The van der Waals surface area contributed by atoms with E-state index in [1.165, 1.54) is 6.92 Å². The van der Waals surface area contributed by atoms with Crippen molar-refractivity contribution in [3.05, 3.63) is 5.82 Å². The third-order valence-electron chi connectivity index (χ3n) is 1.48. The monoisotopic (exact) mass is 197 g/mol. The summed E-state index contributed by atoms with van der Waals surface area (Å²) in [4.78, 5) is 25.5. The van der Waals surface area contributed by atoms with Gasteiger partial charge in [0.2, 0.25) is 5.91 Å². The van der Waals surface area contributed by atoms with Gasteiger partial charge < -0.3 is 9.32 Å².